The smallest absolute Gasteiger partial charge is 0.348 e. The highest BCUT2D eigenvalue weighted by Crippen LogP contribution is 2.22. The number of carbonyl (C=O) groups is 2. The lowest BCUT2D eigenvalue weighted by Crippen LogP contribution is -2.21. The Balaban J connectivity index is 1.87. The number of halogens is 2. The minimum atomic E-state index is -0.556. The molecule has 7 heteroatoms. The van der Waals surface area contributed by atoms with Gasteiger partial charge in [-0.2, -0.15) is 0 Å². The van der Waals surface area contributed by atoms with Crippen molar-refractivity contribution < 1.29 is 14.3 Å². The van der Waals surface area contributed by atoms with Gasteiger partial charge in [0.15, 0.2) is 6.61 Å². The molecule has 1 aromatic heterocycles. The van der Waals surface area contributed by atoms with Gasteiger partial charge in [0.1, 0.15) is 4.88 Å². The molecule has 2 aromatic rings. The summed E-state index contributed by atoms with van der Waals surface area (Å²) in [5, 5.41) is 2.68. The molecule has 0 atom stereocenters. The molecule has 1 aromatic carbocycles. The third-order valence-corrected chi connectivity index (χ3v) is 4.41. The number of esters is 1. The van der Waals surface area contributed by atoms with Crippen molar-refractivity contribution in [2.24, 2.45) is 0 Å². The SMILES string of the molecule is O=C(COC(=O)c1ccc(Cl)s1)Nc1ccccc1I. The van der Waals surface area contributed by atoms with Crippen LogP contribution in [0.25, 0.3) is 0 Å². The molecular weight excluding hydrogens is 413 g/mol. The number of para-hydroxylation sites is 1. The monoisotopic (exact) mass is 421 g/mol. The molecule has 0 saturated carbocycles. The predicted octanol–water partition coefficient (Wildman–Crippen LogP) is 3.80. The maximum atomic E-state index is 11.7. The molecule has 1 N–H and O–H groups in total. The summed E-state index contributed by atoms with van der Waals surface area (Å²) in [7, 11) is 0. The van der Waals surface area contributed by atoms with Gasteiger partial charge in [-0.1, -0.05) is 23.7 Å². The average molecular weight is 422 g/mol. The normalized spacial score (nSPS) is 10.1. The first-order valence-electron chi connectivity index (χ1n) is 5.53. The lowest BCUT2D eigenvalue weighted by molar-refractivity contribution is -0.119. The number of hydrogen-bond donors (Lipinski definition) is 1. The van der Waals surface area contributed by atoms with Gasteiger partial charge in [0.2, 0.25) is 0 Å². The van der Waals surface area contributed by atoms with Crippen molar-refractivity contribution in [1.29, 1.82) is 0 Å². The van der Waals surface area contributed by atoms with E-state index in [1.165, 1.54) is 0 Å². The number of thiophene rings is 1. The zero-order chi connectivity index (χ0) is 14.5. The van der Waals surface area contributed by atoms with Gasteiger partial charge in [-0.15, -0.1) is 11.3 Å². The van der Waals surface area contributed by atoms with Crippen LogP contribution in [0.3, 0.4) is 0 Å². The molecule has 0 bridgehead atoms. The van der Waals surface area contributed by atoms with Crippen LogP contribution < -0.4 is 5.32 Å². The summed E-state index contributed by atoms with van der Waals surface area (Å²) in [6.07, 6.45) is 0. The Morgan fingerprint density at radius 1 is 1.25 bits per heavy atom. The Morgan fingerprint density at radius 3 is 2.65 bits per heavy atom. The first kappa shape index (κ1) is 15.3. The van der Waals surface area contributed by atoms with Crippen LogP contribution in [-0.4, -0.2) is 18.5 Å². The summed E-state index contributed by atoms with van der Waals surface area (Å²) in [5.74, 6) is -0.940. The molecule has 0 aliphatic heterocycles. The summed E-state index contributed by atoms with van der Waals surface area (Å²) in [4.78, 5) is 23.7. The van der Waals surface area contributed by atoms with Gasteiger partial charge >= 0.3 is 5.97 Å². The zero-order valence-electron chi connectivity index (χ0n) is 10.1. The number of nitrogens with one attached hydrogen (secondary N) is 1. The van der Waals surface area contributed by atoms with Gasteiger partial charge in [-0.3, -0.25) is 4.79 Å². The molecule has 1 heterocycles. The molecule has 0 saturated heterocycles. The van der Waals surface area contributed by atoms with Crippen LogP contribution in [0, 0.1) is 3.57 Å². The molecule has 104 valence electrons. The minimum absolute atomic E-state index is 0.334. The van der Waals surface area contributed by atoms with Gasteiger partial charge in [-0.25, -0.2) is 4.79 Å². The van der Waals surface area contributed by atoms with E-state index in [1.807, 2.05) is 18.2 Å². The van der Waals surface area contributed by atoms with Crippen molar-refractivity contribution in [3.8, 4) is 0 Å². The van der Waals surface area contributed by atoms with E-state index >= 15 is 0 Å². The Hall–Kier alpha value is -1.12. The summed E-state index contributed by atoms with van der Waals surface area (Å²) < 4.78 is 6.33. The van der Waals surface area contributed by atoms with Crippen LogP contribution in [0.2, 0.25) is 4.34 Å². The van der Waals surface area contributed by atoms with Crippen LogP contribution in [-0.2, 0) is 9.53 Å². The van der Waals surface area contributed by atoms with E-state index in [0.717, 1.165) is 14.9 Å². The van der Waals surface area contributed by atoms with E-state index in [9.17, 15) is 9.59 Å². The van der Waals surface area contributed by atoms with Crippen LogP contribution in [0.5, 0.6) is 0 Å². The molecule has 2 rings (SSSR count). The molecule has 0 unspecified atom stereocenters. The van der Waals surface area contributed by atoms with Crippen LogP contribution in [0.1, 0.15) is 9.67 Å². The van der Waals surface area contributed by atoms with Gasteiger partial charge in [0.05, 0.1) is 10.0 Å². The zero-order valence-corrected chi connectivity index (χ0v) is 13.8. The second-order valence-electron chi connectivity index (χ2n) is 3.71. The molecule has 0 aliphatic rings. The van der Waals surface area contributed by atoms with Crippen molar-refractivity contribution >= 4 is 63.1 Å². The van der Waals surface area contributed by atoms with Crippen LogP contribution in [0.15, 0.2) is 36.4 Å². The average Bonchev–Trinajstić information content (AvgIpc) is 2.85. The molecule has 20 heavy (non-hydrogen) atoms. The van der Waals surface area contributed by atoms with Gasteiger partial charge in [0, 0.05) is 3.57 Å². The van der Waals surface area contributed by atoms with E-state index in [4.69, 9.17) is 16.3 Å². The maximum absolute atomic E-state index is 11.7. The number of rotatable bonds is 4. The predicted molar refractivity (Wildman–Crippen MR) is 87.4 cm³/mol. The highest BCUT2D eigenvalue weighted by atomic mass is 127. The summed E-state index contributed by atoms with van der Waals surface area (Å²) in [5.41, 5.74) is 0.688. The summed E-state index contributed by atoms with van der Waals surface area (Å²) >= 11 is 8.95. The second kappa shape index (κ2) is 7.05. The Bertz CT molecular complexity index is 644. The summed E-state index contributed by atoms with van der Waals surface area (Å²) in [6.45, 7) is -0.334. The number of amides is 1. The topological polar surface area (TPSA) is 55.4 Å². The minimum Gasteiger partial charge on any atom is -0.451 e. The van der Waals surface area contributed by atoms with Crippen molar-refractivity contribution in [2.45, 2.75) is 0 Å². The molecular formula is C13H9ClINO3S. The standard InChI is InChI=1S/C13H9ClINO3S/c14-11-6-5-10(20-11)13(18)19-7-12(17)16-9-4-2-1-3-8(9)15/h1-6H,7H2,(H,16,17). The number of ether oxygens (including phenoxy) is 1. The van der Waals surface area contributed by atoms with E-state index < -0.39 is 5.97 Å². The van der Waals surface area contributed by atoms with E-state index in [1.54, 1.807) is 18.2 Å². The Morgan fingerprint density at radius 2 is 2.00 bits per heavy atom. The van der Waals surface area contributed by atoms with Gasteiger partial charge in [-0.05, 0) is 46.9 Å². The van der Waals surface area contributed by atoms with E-state index in [-0.39, 0.29) is 12.5 Å². The Kier molecular flexibility index (Phi) is 5.38. The summed E-state index contributed by atoms with van der Waals surface area (Å²) in [6, 6.07) is 10.5. The molecule has 0 aliphatic carbocycles. The van der Waals surface area contributed by atoms with Crippen LogP contribution >= 0.6 is 45.5 Å². The third-order valence-electron chi connectivity index (χ3n) is 2.26. The van der Waals surface area contributed by atoms with E-state index in [0.29, 0.717) is 14.9 Å². The van der Waals surface area contributed by atoms with Crippen molar-refractivity contribution in [1.82, 2.24) is 0 Å². The fraction of sp³-hybridized carbons (Fsp3) is 0.0769. The third kappa shape index (κ3) is 4.19. The van der Waals surface area contributed by atoms with Crippen LogP contribution in [0.4, 0.5) is 5.69 Å². The molecule has 4 nitrogen and oxygen atoms in total. The molecule has 0 radical (unpaired) electrons. The molecule has 1 amide bonds. The lowest BCUT2D eigenvalue weighted by Gasteiger charge is -2.07. The first-order chi connectivity index (χ1) is 9.56. The molecule has 0 fully saturated rings. The Labute approximate surface area is 138 Å². The van der Waals surface area contributed by atoms with Crippen molar-refractivity contribution in [3.63, 3.8) is 0 Å². The number of carbonyl (C=O) groups excluding carboxylic acids is 2. The van der Waals surface area contributed by atoms with E-state index in [2.05, 4.69) is 27.9 Å². The highest BCUT2D eigenvalue weighted by molar-refractivity contribution is 14.1. The van der Waals surface area contributed by atoms with Crippen molar-refractivity contribution in [3.05, 3.63) is 49.2 Å². The maximum Gasteiger partial charge on any atom is 0.348 e. The highest BCUT2D eigenvalue weighted by Gasteiger charge is 2.13. The number of benzene rings is 1. The molecule has 0 spiro atoms. The lowest BCUT2D eigenvalue weighted by atomic mass is 10.3. The fourth-order valence-electron chi connectivity index (χ4n) is 1.38. The van der Waals surface area contributed by atoms with Gasteiger partial charge < -0.3 is 10.1 Å². The van der Waals surface area contributed by atoms with Crippen molar-refractivity contribution in [2.75, 3.05) is 11.9 Å². The quantitative estimate of drug-likeness (QED) is 0.603. The van der Waals surface area contributed by atoms with Gasteiger partial charge in [0.25, 0.3) is 5.91 Å². The number of hydrogen-bond acceptors (Lipinski definition) is 4. The first-order valence-corrected chi connectivity index (χ1v) is 7.80. The number of anilines is 1. The largest absolute Gasteiger partial charge is 0.451 e. The fourth-order valence-corrected chi connectivity index (χ4v) is 2.83. The second-order valence-corrected chi connectivity index (χ2v) is 6.59.